The molecule has 1 aromatic heterocycles. The van der Waals surface area contributed by atoms with E-state index in [1.54, 1.807) is 37.3 Å². The van der Waals surface area contributed by atoms with Gasteiger partial charge < -0.3 is 19.6 Å². The van der Waals surface area contributed by atoms with Crippen molar-refractivity contribution in [2.75, 3.05) is 43.4 Å². The first-order valence-electron chi connectivity index (χ1n) is 9.45. The van der Waals surface area contributed by atoms with Gasteiger partial charge in [0.15, 0.2) is 5.82 Å². The molecular formula is C21H22ClN5O2. The molecule has 0 atom stereocenters. The van der Waals surface area contributed by atoms with Crippen molar-refractivity contribution in [1.29, 1.82) is 0 Å². The molecule has 0 spiro atoms. The quantitative estimate of drug-likeness (QED) is 0.705. The summed E-state index contributed by atoms with van der Waals surface area (Å²) in [4.78, 5) is 21.6. The molecule has 1 N–H and O–H groups in total. The van der Waals surface area contributed by atoms with E-state index in [1.807, 2.05) is 12.1 Å². The Morgan fingerprint density at radius 2 is 1.83 bits per heavy atom. The number of aryl methyl sites for hydroxylation is 1. The Balaban J connectivity index is 1.53. The van der Waals surface area contributed by atoms with E-state index in [0.29, 0.717) is 28.0 Å². The molecule has 3 aromatic rings. The number of anilines is 2. The zero-order chi connectivity index (χ0) is 20.4. The highest BCUT2D eigenvalue weighted by Gasteiger charge is 2.19. The van der Waals surface area contributed by atoms with Gasteiger partial charge in [-0.3, -0.25) is 4.79 Å². The molecule has 150 valence electrons. The molecule has 4 rings (SSSR count). The topological polar surface area (TPSA) is 74.5 Å². The van der Waals surface area contributed by atoms with Gasteiger partial charge in [0.05, 0.1) is 11.4 Å². The minimum absolute atomic E-state index is 0.198. The normalized spacial score (nSPS) is 14.8. The number of carbonyl (C=O) groups excluding carboxylic acids is 1. The van der Waals surface area contributed by atoms with Crippen molar-refractivity contribution in [1.82, 2.24) is 15.0 Å². The number of nitrogens with zero attached hydrogens (tertiary/aromatic N) is 4. The third-order valence-electron chi connectivity index (χ3n) is 4.97. The Kier molecular flexibility index (Phi) is 5.51. The molecule has 0 unspecified atom stereocenters. The van der Waals surface area contributed by atoms with Crippen molar-refractivity contribution in [3.8, 4) is 11.5 Å². The number of piperazine rings is 1. The number of likely N-dealkylation sites (N-methyl/N-ethyl adjacent to an activating group) is 1. The van der Waals surface area contributed by atoms with Crippen LogP contribution in [0.4, 0.5) is 11.4 Å². The number of rotatable bonds is 4. The monoisotopic (exact) mass is 411 g/mol. The second kappa shape index (κ2) is 8.23. The highest BCUT2D eigenvalue weighted by atomic mass is 35.5. The van der Waals surface area contributed by atoms with Gasteiger partial charge in [-0.15, -0.1) is 0 Å². The Bertz CT molecular complexity index is 1010. The molecule has 0 saturated carbocycles. The van der Waals surface area contributed by atoms with Crippen LogP contribution in [0, 0.1) is 6.92 Å². The minimum atomic E-state index is -0.198. The number of hydrogen-bond acceptors (Lipinski definition) is 6. The maximum atomic E-state index is 12.8. The van der Waals surface area contributed by atoms with Crippen LogP contribution in [0.2, 0.25) is 5.02 Å². The van der Waals surface area contributed by atoms with Gasteiger partial charge in [0.25, 0.3) is 11.8 Å². The largest absolute Gasteiger partial charge is 0.367 e. The van der Waals surface area contributed by atoms with Gasteiger partial charge in [0.1, 0.15) is 0 Å². The number of benzene rings is 2. The summed E-state index contributed by atoms with van der Waals surface area (Å²) in [7, 11) is 2.11. The summed E-state index contributed by atoms with van der Waals surface area (Å²) in [5.41, 5.74) is 3.00. The third kappa shape index (κ3) is 4.41. The summed E-state index contributed by atoms with van der Waals surface area (Å²) in [5.74, 6) is 0.803. The Morgan fingerprint density at radius 3 is 2.48 bits per heavy atom. The molecule has 1 aliphatic heterocycles. The first kappa shape index (κ1) is 19.4. The van der Waals surface area contributed by atoms with Crippen molar-refractivity contribution >= 4 is 28.9 Å². The fourth-order valence-electron chi connectivity index (χ4n) is 3.30. The lowest BCUT2D eigenvalue weighted by Gasteiger charge is -2.35. The van der Waals surface area contributed by atoms with Crippen molar-refractivity contribution in [2.24, 2.45) is 0 Å². The second-order valence-electron chi connectivity index (χ2n) is 7.13. The molecule has 2 aromatic carbocycles. The molecule has 0 bridgehead atoms. The lowest BCUT2D eigenvalue weighted by molar-refractivity contribution is 0.102. The predicted molar refractivity (Wildman–Crippen MR) is 114 cm³/mol. The fourth-order valence-corrected chi connectivity index (χ4v) is 3.48. The summed E-state index contributed by atoms with van der Waals surface area (Å²) < 4.78 is 5.16. The van der Waals surface area contributed by atoms with E-state index in [2.05, 4.69) is 32.3 Å². The van der Waals surface area contributed by atoms with Crippen LogP contribution in [0.5, 0.6) is 0 Å². The predicted octanol–water partition coefficient (Wildman–Crippen LogP) is 3.70. The van der Waals surface area contributed by atoms with Crippen molar-refractivity contribution in [3.63, 3.8) is 0 Å². The van der Waals surface area contributed by atoms with Gasteiger partial charge in [-0.25, -0.2) is 0 Å². The lowest BCUT2D eigenvalue weighted by Crippen LogP contribution is -2.44. The average molecular weight is 412 g/mol. The molecule has 0 radical (unpaired) electrons. The van der Waals surface area contributed by atoms with Gasteiger partial charge in [-0.2, -0.15) is 4.98 Å². The van der Waals surface area contributed by atoms with Gasteiger partial charge in [0, 0.05) is 42.3 Å². The summed E-state index contributed by atoms with van der Waals surface area (Å²) >= 11 is 6.20. The van der Waals surface area contributed by atoms with E-state index < -0.39 is 0 Å². The number of aromatic nitrogens is 2. The molecule has 1 fully saturated rings. The fraction of sp³-hybridized carbons (Fsp3) is 0.286. The molecule has 0 aliphatic carbocycles. The summed E-state index contributed by atoms with van der Waals surface area (Å²) in [5, 5.41) is 7.38. The molecule has 1 saturated heterocycles. The van der Waals surface area contributed by atoms with Crippen LogP contribution >= 0.6 is 11.6 Å². The maximum Gasteiger partial charge on any atom is 0.257 e. The third-order valence-corrected chi connectivity index (χ3v) is 5.21. The Morgan fingerprint density at radius 1 is 1.10 bits per heavy atom. The number of carbonyl (C=O) groups is 1. The molecule has 2 heterocycles. The SMILES string of the molecule is Cc1noc(-c2ccc(C(=O)Nc3cc(Cl)ccc3N3CCN(C)CC3)cc2)n1. The van der Waals surface area contributed by atoms with Crippen molar-refractivity contribution < 1.29 is 9.32 Å². The van der Waals surface area contributed by atoms with Gasteiger partial charge in [-0.1, -0.05) is 16.8 Å². The minimum Gasteiger partial charge on any atom is -0.367 e. The smallest absolute Gasteiger partial charge is 0.257 e. The maximum absolute atomic E-state index is 12.8. The summed E-state index contributed by atoms with van der Waals surface area (Å²) in [6.45, 7) is 5.52. The summed E-state index contributed by atoms with van der Waals surface area (Å²) in [6, 6.07) is 12.7. The van der Waals surface area contributed by atoms with Crippen LogP contribution in [0.25, 0.3) is 11.5 Å². The van der Waals surface area contributed by atoms with Gasteiger partial charge in [-0.05, 0) is 56.4 Å². The number of hydrogen-bond donors (Lipinski definition) is 1. The van der Waals surface area contributed by atoms with Crippen molar-refractivity contribution in [2.45, 2.75) is 6.92 Å². The van der Waals surface area contributed by atoms with E-state index in [1.165, 1.54) is 0 Å². The molecule has 7 nitrogen and oxygen atoms in total. The van der Waals surface area contributed by atoms with Crippen LogP contribution in [0.15, 0.2) is 47.0 Å². The van der Waals surface area contributed by atoms with E-state index in [9.17, 15) is 4.79 Å². The number of halogens is 1. The number of amides is 1. The average Bonchev–Trinajstić information content (AvgIpc) is 3.15. The first-order chi connectivity index (χ1) is 14.0. The standard InChI is InChI=1S/C21H22ClN5O2/c1-14-23-21(29-25-14)16-5-3-15(4-6-16)20(28)24-18-13-17(22)7-8-19(18)27-11-9-26(2)10-12-27/h3-8,13H,9-12H2,1-2H3,(H,24,28). The zero-order valence-electron chi connectivity index (χ0n) is 16.4. The molecular weight excluding hydrogens is 390 g/mol. The van der Waals surface area contributed by atoms with Gasteiger partial charge >= 0.3 is 0 Å². The Labute approximate surface area is 174 Å². The van der Waals surface area contributed by atoms with E-state index >= 15 is 0 Å². The lowest BCUT2D eigenvalue weighted by atomic mass is 10.1. The van der Waals surface area contributed by atoms with Crippen LogP contribution in [-0.4, -0.2) is 54.2 Å². The van der Waals surface area contributed by atoms with Crippen LogP contribution in [0.1, 0.15) is 16.2 Å². The van der Waals surface area contributed by atoms with E-state index in [4.69, 9.17) is 16.1 Å². The Hall–Kier alpha value is -2.90. The number of nitrogens with one attached hydrogen (secondary N) is 1. The van der Waals surface area contributed by atoms with Crippen molar-refractivity contribution in [3.05, 3.63) is 58.9 Å². The molecule has 29 heavy (non-hydrogen) atoms. The van der Waals surface area contributed by atoms with E-state index in [-0.39, 0.29) is 5.91 Å². The zero-order valence-corrected chi connectivity index (χ0v) is 17.1. The summed E-state index contributed by atoms with van der Waals surface area (Å²) in [6.07, 6.45) is 0. The molecule has 1 aliphatic rings. The highest BCUT2D eigenvalue weighted by molar-refractivity contribution is 6.31. The van der Waals surface area contributed by atoms with E-state index in [0.717, 1.165) is 37.4 Å². The van der Waals surface area contributed by atoms with Crippen LogP contribution in [0.3, 0.4) is 0 Å². The molecule has 8 heteroatoms. The van der Waals surface area contributed by atoms with Crippen LogP contribution in [-0.2, 0) is 0 Å². The van der Waals surface area contributed by atoms with Gasteiger partial charge in [0.2, 0.25) is 0 Å². The first-order valence-corrected chi connectivity index (χ1v) is 9.82. The molecule has 1 amide bonds. The highest BCUT2D eigenvalue weighted by Crippen LogP contribution is 2.30. The second-order valence-corrected chi connectivity index (χ2v) is 7.57. The van der Waals surface area contributed by atoms with Crippen LogP contribution < -0.4 is 10.2 Å².